The summed E-state index contributed by atoms with van der Waals surface area (Å²) >= 11 is 0. The number of amides is 1. The van der Waals surface area contributed by atoms with Gasteiger partial charge < -0.3 is 4.74 Å². The van der Waals surface area contributed by atoms with Crippen molar-refractivity contribution in [1.29, 1.82) is 0 Å². The van der Waals surface area contributed by atoms with Gasteiger partial charge in [-0.2, -0.15) is 4.39 Å². The number of ketones is 1. The fourth-order valence-electron chi connectivity index (χ4n) is 4.65. The van der Waals surface area contributed by atoms with Gasteiger partial charge in [0.15, 0.2) is 17.4 Å². The van der Waals surface area contributed by atoms with Crippen LogP contribution in [0.25, 0.3) is 0 Å². The summed E-state index contributed by atoms with van der Waals surface area (Å²) in [6.07, 6.45) is -0.665. The molecule has 1 aromatic heterocycles. The molecular formula is C25H27F3N2O5S. The summed E-state index contributed by atoms with van der Waals surface area (Å²) in [6.45, 7) is 4.18. The number of pyridine rings is 1. The molecule has 7 nitrogen and oxygen atoms in total. The lowest BCUT2D eigenvalue weighted by molar-refractivity contribution is -0.121. The third-order valence-electron chi connectivity index (χ3n) is 7.00. The van der Waals surface area contributed by atoms with E-state index < -0.39 is 51.2 Å². The van der Waals surface area contributed by atoms with Gasteiger partial charge in [-0.05, 0) is 55.9 Å². The largest absolute Gasteiger partial charge is 0.484 e. The van der Waals surface area contributed by atoms with Crippen molar-refractivity contribution in [3.8, 4) is 5.75 Å². The Morgan fingerprint density at radius 2 is 1.83 bits per heavy atom. The van der Waals surface area contributed by atoms with E-state index in [0.717, 1.165) is 11.0 Å². The van der Waals surface area contributed by atoms with Crippen LogP contribution in [-0.2, 0) is 20.0 Å². The Hall–Kier alpha value is -2.95. The Morgan fingerprint density at radius 3 is 2.47 bits per heavy atom. The SMILES string of the molecule is CC1(CC(=O)c2ccc3c(c2)C(C)(C)C(=O)N3c2nccc(OCC(F)F)c2F)CCS(=O)(=O)CC1. The first-order chi connectivity index (χ1) is 16.7. The summed E-state index contributed by atoms with van der Waals surface area (Å²) < 4.78 is 68.6. The number of nitrogens with zero attached hydrogens (tertiary/aromatic N) is 2. The van der Waals surface area contributed by atoms with E-state index >= 15 is 4.39 Å². The number of sulfone groups is 1. The molecule has 1 amide bonds. The molecule has 2 aromatic rings. The number of rotatable bonds is 7. The first kappa shape index (κ1) is 26.1. The van der Waals surface area contributed by atoms with Crippen molar-refractivity contribution in [2.75, 3.05) is 23.0 Å². The van der Waals surface area contributed by atoms with Crippen LogP contribution in [-0.4, -0.2) is 49.6 Å². The molecule has 194 valence electrons. The maximum Gasteiger partial charge on any atom is 0.272 e. The Bertz CT molecular complexity index is 1310. The van der Waals surface area contributed by atoms with Crippen LogP contribution >= 0.6 is 0 Å². The maximum absolute atomic E-state index is 15.1. The van der Waals surface area contributed by atoms with Gasteiger partial charge in [-0.1, -0.05) is 6.92 Å². The van der Waals surface area contributed by atoms with Crippen LogP contribution in [0.1, 0.15) is 56.0 Å². The van der Waals surface area contributed by atoms with E-state index in [4.69, 9.17) is 4.74 Å². The third kappa shape index (κ3) is 4.85. The number of fused-ring (bicyclic) bond motifs is 1. The molecule has 11 heteroatoms. The number of Topliss-reactive ketones (excluding diaryl/α,β-unsaturated/α-hetero) is 1. The van der Waals surface area contributed by atoms with Crippen molar-refractivity contribution in [1.82, 2.24) is 4.98 Å². The molecule has 3 heterocycles. The number of aromatic nitrogens is 1. The van der Waals surface area contributed by atoms with E-state index in [0.29, 0.717) is 29.7 Å². The molecule has 2 aliphatic rings. The lowest BCUT2D eigenvalue weighted by atomic mass is 9.78. The minimum absolute atomic E-state index is 0.0517. The lowest BCUT2D eigenvalue weighted by Gasteiger charge is -2.32. The van der Waals surface area contributed by atoms with E-state index in [2.05, 4.69) is 4.98 Å². The molecule has 0 atom stereocenters. The van der Waals surface area contributed by atoms with Crippen LogP contribution in [0.4, 0.5) is 24.7 Å². The van der Waals surface area contributed by atoms with Crippen molar-refractivity contribution in [3.63, 3.8) is 0 Å². The lowest BCUT2D eigenvalue weighted by Crippen LogP contribution is -2.34. The third-order valence-corrected chi connectivity index (χ3v) is 8.66. The van der Waals surface area contributed by atoms with E-state index in [1.54, 1.807) is 26.0 Å². The van der Waals surface area contributed by atoms with Crippen LogP contribution in [0.15, 0.2) is 30.5 Å². The van der Waals surface area contributed by atoms with Gasteiger partial charge in [-0.15, -0.1) is 0 Å². The molecule has 0 aliphatic carbocycles. The molecule has 36 heavy (non-hydrogen) atoms. The van der Waals surface area contributed by atoms with Crippen LogP contribution in [0.2, 0.25) is 0 Å². The molecule has 0 N–H and O–H groups in total. The van der Waals surface area contributed by atoms with E-state index in [1.807, 2.05) is 6.92 Å². The highest BCUT2D eigenvalue weighted by Crippen LogP contribution is 2.47. The number of halogens is 3. The molecule has 0 spiro atoms. The summed E-state index contributed by atoms with van der Waals surface area (Å²) in [5.74, 6) is -2.44. The zero-order valence-electron chi connectivity index (χ0n) is 20.2. The first-order valence-electron chi connectivity index (χ1n) is 11.5. The van der Waals surface area contributed by atoms with Crippen molar-refractivity contribution >= 4 is 33.0 Å². The summed E-state index contributed by atoms with van der Waals surface area (Å²) in [7, 11) is -3.07. The molecule has 1 fully saturated rings. The van der Waals surface area contributed by atoms with Crippen LogP contribution in [0.5, 0.6) is 5.75 Å². The predicted octanol–water partition coefficient (Wildman–Crippen LogP) is 4.61. The molecule has 0 unspecified atom stereocenters. The Balaban J connectivity index is 1.65. The highest BCUT2D eigenvalue weighted by Gasteiger charge is 2.46. The summed E-state index contributed by atoms with van der Waals surface area (Å²) in [5, 5.41) is 0. The smallest absolute Gasteiger partial charge is 0.272 e. The summed E-state index contributed by atoms with van der Waals surface area (Å²) in [4.78, 5) is 31.5. The van der Waals surface area contributed by atoms with Gasteiger partial charge in [0.25, 0.3) is 6.43 Å². The molecule has 1 aromatic carbocycles. The fourth-order valence-corrected chi connectivity index (χ4v) is 6.46. The van der Waals surface area contributed by atoms with Crippen LogP contribution in [0, 0.1) is 11.2 Å². The normalized spacial score (nSPS) is 19.9. The van der Waals surface area contributed by atoms with Crippen LogP contribution < -0.4 is 9.64 Å². The van der Waals surface area contributed by atoms with Crippen molar-refractivity contribution in [2.24, 2.45) is 5.41 Å². The number of carbonyl (C=O) groups is 2. The summed E-state index contributed by atoms with van der Waals surface area (Å²) in [5.41, 5.74) is -0.371. The molecular weight excluding hydrogens is 497 g/mol. The number of ether oxygens (including phenoxy) is 1. The minimum Gasteiger partial charge on any atom is -0.484 e. The second-order valence-electron chi connectivity index (χ2n) is 10.2. The van der Waals surface area contributed by atoms with Gasteiger partial charge >= 0.3 is 0 Å². The monoisotopic (exact) mass is 524 g/mol. The van der Waals surface area contributed by atoms with Gasteiger partial charge in [-0.25, -0.2) is 22.2 Å². The highest BCUT2D eigenvalue weighted by atomic mass is 32.2. The average molecular weight is 525 g/mol. The van der Waals surface area contributed by atoms with Crippen molar-refractivity contribution in [3.05, 3.63) is 47.4 Å². The molecule has 0 bridgehead atoms. The van der Waals surface area contributed by atoms with Gasteiger partial charge in [0.2, 0.25) is 11.7 Å². The zero-order valence-corrected chi connectivity index (χ0v) is 21.0. The fraction of sp³-hybridized carbons (Fsp3) is 0.480. The molecule has 1 saturated heterocycles. The number of hydrogen-bond acceptors (Lipinski definition) is 6. The second kappa shape index (κ2) is 9.17. The Kier molecular flexibility index (Phi) is 6.65. The predicted molar refractivity (Wildman–Crippen MR) is 127 cm³/mol. The van der Waals surface area contributed by atoms with Gasteiger partial charge in [-0.3, -0.25) is 14.5 Å². The van der Waals surface area contributed by atoms with Gasteiger partial charge in [0.1, 0.15) is 16.4 Å². The number of hydrogen-bond donors (Lipinski definition) is 0. The number of carbonyl (C=O) groups excluding carboxylic acids is 2. The highest BCUT2D eigenvalue weighted by molar-refractivity contribution is 7.91. The van der Waals surface area contributed by atoms with Crippen LogP contribution in [0.3, 0.4) is 0 Å². The standard InChI is InChI=1S/C25H27F3N2O5S/c1-24(2)16-12-15(18(31)13-25(3)7-10-36(33,34)11-8-25)4-5-17(16)30(23(24)32)22-21(28)19(6-9-29-22)35-14-20(26)27/h4-6,9,12,20H,7-8,10-11,13-14H2,1-3H3. The second-order valence-corrected chi connectivity index (χ2v) is 12.5. The molecule has 4 rings (SSSR count). The Labute approximate surface area is 207 Å². The number of benzene rings is 1. The topological polar surface area (TPSA) is 93.6 Å². The quantitative estimate of drug-likeness (QED) is 0.491. The summed E-state index contributed by atoms with van der Waals surface area (Å²) in [6, 6.07) is 5.79. The molecule has 2 aliphatic heterocycles. The molecule has 0 saturated carbocycles. The molecule has 0 radical (unpaired) electrons. The maximum atomic E-state index is 15.1. The average Bonchev–Trinajstić information content (AvgIpc) is 3.00. The minimum atomic E-state index is -3.07. The van der Waals surface area contributed by atoms with E-state index in [1.165, 1.54) is 12.3 Å². The first-order valence-corrected chi connectivity index (χ1v) is 13.3. The van der Waals surface area contributed by atoms with E-state index in [-0.39, 0.29) is 29.5 Å². The van der Waals surface area contributed by atoms with Crippen molar-refractivity contribution < 1.29 is 35.9 Å². The Morgan fingerprint density at radius 1 is 1.17 bits per heavy atom. The van der Waals surface area contributed by atoms with Gasteiger partial charge in [0.05, 0.1) is 22.6 Å². The van der Waals surface area contributed by atoms with E-state index in [9.17, 15) is 26.8 Å². The number of anilines is 2. The van der Waals surface area contributed by atoms with Crippen molar-refractivity contribution in [2.45, 2.75) is 51.9 Å². The van der Waals surface area contributed by atoms with Gasteiger partial charge in [0, 0.05) is 24.2 Å². The zero-order chi connectivity index (χ0) is 26.5. The number of alkyl halides is 2.